The summed E-state index contributed by atoms with van der Waals surface area (Å²) in [7, 11) is -11.4. The van der Waals surface area contributed by atoms with Crippen LogP contribution >= 0.6 is 0 Å². The summed E-state index contributed by atoms with van der Waals surface area (Å²) in [6.07, 6.45) is 3.36. The first-order valence-electron chi connectivity index (χ1n) is 17.8. The maximum absolute atomic E-state index is 13.3. The van der Waals surface area contributed by atoms with Crippen LogP contribution in [0, 0.1) is 0 Å². The maximum atomic E-state index is 13.3. The highest BCUT2D eigenvalue weighted by molar-refractivity contribution is 7.92. The number of benzene rings is 6. The Morgan fingerprint density at radius 2 is 0.776 bits per heavy atom. The Morgan fingerprint density at radius 3 is 1.12 bits per heavy atom. The minimum absolute atomic E-state index is 0.0247. The van der Waals surface area contributed by atoms with Gasteiger partial charge in [0.1, 0.15) is 34.5 Å². The van der Waals surface area contributed by atoms with Crippen molar-refractivity contribution in [3.63, 3.8) is 0 Å². The highest BCUT2D eigenvalue weighted by Crippen LogP contribution is 2.29. The Hall–Kier alpha value is -6.29. The normalized spacial score (nSPS) is 12.5. The van der Waals surface area contributed by atoms with Crippen molar-refractivity contribution in [2.75, 3.05) is 6.61 Å². The topological polar surface area (TPSA) is 180 Å². The van der Waals surface area contributed by atoms with Crippen molar-refractivity contribution in [1.29, 1.82) is 0 Å². The van der Waals surface area contributed by atoms with Gasteiger partial charge in [-0.25, -0.2) is 25.3 Å². The van der Waals surface area contributed by atoms with E-state index in [-0.39, 0.29) is 40.9 Å². The van der Waals surface area contributed by atoms with Crippen molar-refractivity contribution in [2.24, 2.45) is 0 Å². The van der Waals surface area contributed by atoms with Crippen LogP contribution in [-0.4, -0.2) is 48.4 Å². The van der Waals surface area contributed by atoms with Crippen LogP contribution in [0.2, 0.25) is 0 Å². The molecule has 0 heterocycles. The summed E-state index contributed by atoms with van der Waals surface area (Å²) in [4.78, 5) is 0.396. The van der Waals surface area contributed by atoms with Gasteiger partial charge in [0.15, 0.2) is 0 Å². The Labute approximate surface area is 337 Å². The SMILES string of the molecule is CCC(Oc1ccc(S(=O)(=O)c2ccc(O)cc2)cc1)Oc1ccc(S(=O)(=O)c2ccc(OC=CCCOc3ccc(S(=O)(=O)c4ccc(O)cc4)cc3)cc2)cc1. The molecule has 2 N–H and O–H groups in total. The third-order valence-corrected chi connectivity index (χ3v) is 13.9. The molecule has 12 nitrogen and oxygen atoms in total. The molecule has 0 bridgehead atoms. The lowest BCUT2D eigenvalue weighted by Gasteiger charge is -2.19. The third-order valence-electron chi connectivity index (χ3n) is 8.55. The largest absolute Gasteiger partial charge is 0.508 e. The number of aromatic hydroxyl groups is 2. The predicted octanol–water partition coefficient (Wildman–Crippen LogP) is 8.15. The molecule has 0 saturated carbocycles. The zero-order valence-corrected chi connectivity index (χ0v) is 33.4. The molecule has 0 aliphatic heterocycles. The first-order valence-corrected chi connectivity index (χ1v) is 22.2. The van der Waals surface area contributed by atoms with E-state index in [4.69, 9.17) is 18.9 Å². The molecule has 6 aromatic rings. The Bertz CT molecular complexity index is 2660. The van der Waals surface area contributed by atoms with Gasteiger partial charge in [0.2, 0.25) is 35.8 Å². The molecule has 6 aromatic carbocycles. The molecule has 1 atom stereocenters. The third kappa shape index (κ3) is 9.98. The second kappa shape index (κ2) is 17.9. The molecule has 6 rings (SSSR count). The van der Waals surface area contributed by atoms with Crippen LogP contribution in [0.5, 0.6) is 34.5 Å². The van der Waals surface area contributed by atoms with E-state index in [0.29, 0.717) is 42.4 Å². The van der Waals surface area contributed by atoms with E-state index in [1.165, 1.54) is 140 Å². The smallest absolute Gasteiger partial charge is 0.240 e. The van der Waals surface area contributed by atoms with Crippen LogP contribution in [0.1, 0.15) is 19.8 Å². The van der Waals surface area contributed by atoms with Gasteiger partial charge in [-0.1, -0.05) is 6.92 Å². The lowest BCUT2D eigenvalue weighted by molar-refractivity contribution is 0.00323. The first kappa shape index (κ1) is 41.3. The Kier molecular flexibility index (Phi) is 12.7. The molecule has 300 valence electrons. The zero-order valence-electron chi connectivity index (χ0n) is 30.9. The number of sulfone groups is 3. The van der Waals surface area contributed by atoms with Crippen LogP contribution in [-0.2, 0) is 29.5 Å². The van der Waals surface area contributed by atoms with Gasteiger partial charge < -0.3 is 29.2 Å². The molecule has 0 aliphatic rings. The molecular formula is C43H38O12S3. The molecule has 0 aromatic heterocycles. The number of rotatable bonds is 17. The van der Waals surface area contributed by atoms with Crippen LogP contribution < -0.4 is 18.9 Å². The van der Waals surface area contributed by atoms with Gasteiger partial charge in [-0.3, -0.25) is 0 Å². The van der Waals surface area contributed by atoms with Crippen molar-refractivity contribution in [3.8, 4) is 34.5 Å². The summed E-state index contributed by atoms with van der Waals surface area (Å²) in [5, 5.41) is 18.9. The van der Waals surface area contributed by atoms with E-state index in [1.807, 2.05) is 6.92 Å². The minimum Gasteiger partial charge on any atom is -0.508 e. The van der Waals surface area contributed by atoms with Crippen molar-refractivity contribution in [1.82, 2.24) is 0 Å². The van der Waals surface area contributed by atoms with Crippen molar-refractivity contribution in [3.05, 3.63) is 158 Å². The fourth-order valence-electron chi connectivity index (χ4n) is 5.40. The quantitative estimate of drug-likeness (QED) is 0.0512. The van der Waals surface area contributed by atoms with E-state index in [0.717, 1.165) is 0 Å². The summed E-state index contributed by atoms with van der Waals surface area (Å²) >= 11 is 0. The Balaban J connectivity index is 0.962. The van der Waals surface area contributed by atoms with Crippen LogP contribution in [0.25, 0.3) is 0 Å². The number of ether oxygens (including phenoxy) is 4. The molecule has 15 heteroatoms. The van der Waals surface area contributed by atoms with Crippen molar-refractivity contribution in [2.45, 2.75) is 55.4 Å². The molecule has 0 saturated heterocycles. The summed E-state index contributed by atoms with van der Waals surface area (Å²) in [6.45, 7) is 2.14. The van der Waals surface area contributed by atoms with E-state index in [2.05, 4.69) is 0 Å². The average Bonchev–Trinajstić information content (AvgIpc) is 3.23. The highest BCUT2D eigenvalue weighted by Gasteiger charge is 2.21. The van der Waals surface area contributed by atoms with Gasteiger partial charge in [-0.15, -0.1) is 0 Å². The van der Waals surface area contributed by atoms with Crippen molar-refractivity contribution >= 4 is 29.5 Å². The van der Waals surface area contributed by atoms with E-state index >= 15 is 0 Å². The molecule has 0 amide bonds. The first-order chi connectivity index (χ1) is 27.7. The van der Waals surface area contributed by atoms with Gasteiger partial charge in [0.25, 0.3) is 0 Å². The van der Waals surface area contributed by atoms with Gasteiger partial charge in [-0.2, -0.15) is 0 Å². The fraction of sp³-hybridized carbons (Fsp3) is 0.116. The predicted molar refractivity (Wildman–Crippen MR) is 214 cm³/mol. The Morgan fingerprint density at radius 1 is 0.466 bits per heavy atom. The highest BCUT2D eigenvalue weighted by atomic mass is 32.2. The number of phenols is 2. The molecule has 58 heavy (non-hydrogen) atoms. The van der Waals surface area contributed by atoms with Crippen LogP contribution in [0.15, 0.2) is 187 Å². The second-order valence-corrected chi connectivity index (χ2v) is 18.4. The van der Waals surface area contributed by atoms with Crippen LogP contribution in [0.3, 0.4) is 0 Å². The number of hydrogen-bond donors (Lipinski definition) is 2. The number of hydrogen-bond acceptors (Lipinski definition) is 12. The molecular weight excluding hydrogens is 805 g/mol. The molecule has 0 radical (unpaired) electrons. The minimum atomic E-state index is -3.86. The number of phenolic OH excluding ortho intramolecular Hbond substituents is 2. The monoisotopic (exact) mass is 842 g/mol. The fourth-order valence-corrected chi connectivity index (χ4v) is 9.18. The summed E-state index contributed by atoms with van der Waals surface area (Å²) < 4.78 is 101. The van der Waals surface area contributed by atoms with Gasteiger partial charge in [0, 0.05) is 12.8 Å². The lowest BCUT2D eigenvalue weighted by atomic mass is 10.3. The lowest BCUT2D eigenvalue weighted by Crippen LogP contribution is -2.22. The van der Waals surface area contributed by atoms with E-state index in [1.54, 1.807) is 18.2 Å². The van der Waals surface area contributed by atoms with Gasteiger partial charge in [-0.05, 0) is 152 Å². The van der Waals surface area contributed by atoms with Crippen molar-refractivity contribution < 1.29 is 54.4 Å². The molecule has 0 fully saturated rings. The maximum Gasteiger partial charge on any atom is 0.240 e. The average molecular weight is 843 g/mol. The zero-order chi connectivity index (χ0) is 41.3. The van der Waals surface area contributed by atoms with Crippen LogP contribution in [0.4, 0.5) is 0 Å². The van der Waals surface area contributed by atoms with E-state index < -0.39 is 35.8 Å². The second-order valence-electron chi connectivity index (χ2n) is 12.6. The molecule has 1 unspecified atom stereocenters. The molecule has 0 aliphatic carbocycles. The summed E-state index contributed by atoms with van der Waals surface area (Å²) in [6, 6.07) is 34.3. The summed E-state index contributed by atoms with van der Waals surface area (Å²) in [5.74, 6) is 1.59. The van der Waals surface area contributed by atoms with E-state index in [9.17, 15) is 35.5 Å². The summed E-state index contributed by atoms with van der Waals surface area (Å²) in [5.41, 5.74) is 0. The standard InChI is InChI=1S/C43H38O12S3/c1-2-43(54-35-13-25-41(26-14-35)57(48,49)38-19-7-32(45)8-20-38)55-36-15-27-42(28-16-36)58(50,51)40-23-11-34(12-24-40)53-30-4-3-29-52-33-9-21-39(22-10-33)56(46,47)37-17-5-31(44)6-18-37/h4-28,30,43-45H,2-3,29H2,1H3. The van der Waals surface area contributed by atoms with Gasteiger partial charge >= 0.3 is 0 Å². The molecule has 0 spiro atoms. The van der Waals surface area contributed by atoms with Gasteiger partial charge in [0.05, 0.1) is 42.2 Å².